The number of carbonyl (C=O) groups excluding carboxylic acids is 5. The molecular weight excluding hydrogens is 971 g/mol. The summed E-state index contributed by atoms with van der Waals surface area (Å²) < 4.78 is 35.9. The second kappa shape index (κ2) is 32.5. The Kier molecular flexibility index (Phi) is 25.9. The van der Waals surface area contributed by atoms with Crippen molar-refractivity contribution in [1.82, 2.24) is 36.1 Å². The first kappa shape index (κ1) is 57.3. The number of hydrogen-bond donors (Lipinski definition) is 7. The molecule has 5 rings (SSSR count). The highest BCUT2D eigenvalue weighted by Crippen LogP contribution is 2.33. The van der Waals surface area contributed by atoms with Crippen molar-refractivity contribution in [2.75, 3.05) is 89.3 Å². The second-order valence-corrected chi connectivity index (χ2v) is 19.2. The van der Waals surface area contributed by atoms with Crippen LogP contribution in [-0.4, -0.2) is 140 Å². The zero-order chi connectivity index (χ0) is 51.3. The number of primary amides is 1. The molecule has 4 atom stereocenters. The molecule has 3 heterocycles. The van der Waals surface area contributed by atoms with Crippen LogP contribution in [0.15, 0.2) is 67.0 Å². The highest BCUT2D eigenvalue weighted by Gasteiger charge is 2.42. The molecule has 3 aromatic rings. The van der Waals surface area contributed by atoms with Crippen molar-refractivity contribution >= 4 is 70.2 Å². The fourth-order valence-corrected chi connectivity index (χ4v) is 9.58. The third kappa shape index (κ3) is 22.5. The van der Waals surface area contributed by atoms with E-state index in [1.807, 2.05) is 24.9 Å². The molecule has 0 spiro atoms. The Bertz CT molecular complexity index is 2220. The fraction of sp³-hybridized carbons (Fsp3) is 0.540. The molecule has 2 fully saturated rings. The van der Waals surface area contributed by atoms with Crippen LogP contribution >= 0.6 is 23.4 Å². The Balaban J connectivity index is 0.793. The van der Waals surface area contributed by atoms with E-state index in [1.54, 1.807) is 30.3 Å². The van der Waals surface area contributed by atoms with Gasteiger partial charge >= 0.3 is 6.03 Å². The van der Waals surface area contributed by atoms with E-state index in [0.29, 0.717) is 113 Å². The molecule has 2 aromatic carbocycles. The first-order chi connectivity index (χ1) is 34.9. The van der Waals surface area contributed by atoms with E-state index in [-0.39, 0.29) is 59.1 Å². The SMILES string of the molecule is CN(C/C=C/C(=O)Nc1cccc(Nc2cc(Oc3ccc(F)c(Cl)c3)ncn2)c1)CCCCC(CCC(=O)NCCCOCCOCCOCCCNC(=O)CCCC[C@@H]1SC[C@@H]2NC(=O)N[C@@H]21)C(N)=O. The topological polar surface area (TPSA) is 249 Å². The molecule has 2 aliphatic heterocycles. The van der Waals surface area contributed by atoms with Gasteiger partial charge in [0.05, 0.1) is 43.5 Å². The van der Waals surface area contributed by atoms with Crippen molar-refractivity contribution < 1.29 is 47.3 Å². The number of fused-ring (bicyclic) bond motifs is 1. The number of rotatable bonds is 36. The van der Waals surface area contributed by atoms with E-state index in [1.165, 1.54) is 30.6 Å². The summed E-state index contributed by atoms with van der Waals surface area (Å²) in [5.41, 5.74) is 6.90. The van der Waals surface area contributed by atoms with Crippen LogP contribution in [0.2, 0.25) is 5.02 Å². The average molecular weight is 1040 g/mol. The largest absolute Gasteiger partial charge is 0.439 e. The lowest BCUT2D eigenvalue weighted by molar-refractivity contribution is -0.124. The van der Waals surface area contributed by atoms with Crippen LogP contribution in [0.1, 0.15) is 70.6 Å². The minimum atomic E-state index is -0.554. The Morgan fingerprint density at radius 2 is 1.60 bits per heavy atom. The number of nitrogens with one attached hydrogen (secondary N) is 6. The summed E-state index contributed by atoms with van der Waals surface area (Å²) in [6.07, 6.45) is 12.0. The van der Waals surface area contributed by atoms with Gasteiger partial charge in [-0.1, -0.05) is 36.6 Å². The van der Waals surface area contributed by atoms with E-state index in [4.69, 9.17) is 36.3 Å². The average Bonchev–Trinajstić information content (AvgIpc) is 3.91. The predicted octanol–water partition coefficient (Wildman–Crippen LogP) is 6.07. The van der Waals surface area contributed by atoms with Crippen LogP contribution in [0.5, 0.6) is 11.6 Å². The number of ether oxygens (including phenoxy) is 4. The number of halogens is 2. The number of hydrogen-bond acceptors (Lipinski definition) is 14. The minimum absolute atomic E-state index is 0.0550. The number of unbranched alkanes of at least 4 members (excludes halogenated alkanes) is 2. The summed E-state index contributed by atoms with van der Waals surface area (Å²) in [6, 6.07) is 13.0. The first-order valence-corrected chi connectivity index (χ1v) is 26.1. The minimum Gasteiger partial charge on any atom is -0.439 e. The lowest BCUT2D eigenvalue weighted by atomic mass is 9.95. The quantitative estimate of drug-likeness (QED) is 0.0199. The molecule has 1 unspecified atom stereocenters. The van der Waals surface area contributed by atoms with E-state index in [9.17, 15) is 28.4 Å². The molecule has 0 aliphatic carbocycles. The molecule has 2 aliphatic rings. The number of amides is 6. The maximum Gasteiger partial charge on any atom is 0.315 e. The third-order valence-corrected chi connectivity index (χ3v) is 13.5. The van der Waals surface area contributed by atoms with Crippen LogP contribution < -0.4 is 42.4 Å². The number of benzene rings is 2. The summed E-state index contributed by atoms with van der Waals surface area (Å²) in [5, 5.41) is 18.1. The van der Waals surface area contributed by atoms with E-state index in [0.717, 1.165) is 50.8 Å². The van der Waals surface area contributed by atoms with Crippen molar-refractivity contribution in [3.63, 3.8) is 0 Å². The van der Waals surface area contributed by atoms with E-state index >= 15 is 0 Å². The number of nitrogens with zero attached hydrogens (tertiary/aromatic N) is 3. The van der Waals surface area contributed by atoms with Crippen molar-refractivity contribution in [2.45, 2.75) is 88.0 Å². The fourth-order valence-electron chi connectivity index (χ4n) is 7.87. The maximum atomic E-state index is 13.5. The van der Waals surface area contributed by atoms with Gasteiger partial charge in [0.25, 0.3) is 0 Å². The summed E-state index contributed by atoms with van der Waals surface area (Å²) in [4.78, 5) is 71.3. The molecule has 6 amide bonds. The van der Waals surface area contributed by atoms with Crippen LogP contribution in [0.4, 0.5) is 26.4 Å². The molecule has 394 valence electrons. The van der Waals surface area contributed by atoms with Gasteiger partial charge < -0.3 is 61.5 Å². The van der Waals surface area contributed by atoms with E-state index in [2.05, 4.69) is 46.8 Å². The van der Waals surface area contributed by atoms with Gasteiger partial charge in [0.1, 0.15) is 23.7 Å². The second-order valence-electron chi connectivity index (χ2n) is 17.5. The van der Waals surface area contributed by atoms with Gasteiger partial charge in [-0.15, -0.1) is 0 Å². The lowest BCUT2D eigenvalue weighted by Crippen LogP contribution is -2.36. The summed E-state index contributed by atoms with van der Waals surface area (Å²) in [7, 11) is 1.95. The molecule has 72 heavy (non-hydrogen) atoms. The molecule has 0 saturated carbocycles. The lowest BCUT2D eigenvalue weighted by Gasteiger charge is -2.16. The Morgan fingerprint density at radius 1 is 0.875 bits per heavy atom. The first-order valence-electron chi connectivity index (χ1n) is 24.6. The van der Waals surface area contributed by atoms with Crippen LogP contribution in [0, 0.1) is 11.7 Å². The number of likely N-dealkylation sites (N-methyl/N-ethyl adjacent to an activating group) is 1. The van der Waals surface area contributed by atoms with Crippen molar-refractivity contribution in [2.24, 2.45) is 11.7 Å². The summed E-state index contributed by atoms with van der Waals surface area (Å²) >= 11 is 7.74. The molecule has 1 aromatic heterocycles. The zero-order valence-corrected chi connectivity index (χ0v) is 42.5. The Hall–Kier alpha value is -5.58. The van der Waals surface area contributed by atoms with Gasteiger partial charge in [0, 0.05) is 92.2 Å². The number of anilines is 3. The standard InChI is InChI=1S/C50H70ClFN10O9S/c1-62(23-7-15-46(65)59-37-12-6-11-36(30-37)58-43-32-47(57-34-56-43)71-38-17-18-40(52)39(51)31-38)22-5-4-10-35(49(53)66)16-19-45(64)55-21-9-25-69-27-29-70-28-26-68-24-8-20-54-44(63)14-3-2-13-42-48-41(33-72-42)60-50(67)61-48/h6-7,11-12,15,17-18,30-32,34-35,41-42,48H,2-5,8-10,13-14,16,19-29,33H2,1H3,(H2,53,66)(H,54,63)(H,55,64)(H,59,65)(H,56,57,58)(H2,60,61,67)/b15-7+/t35?,41-,42-,48-/m0/s1. The molecule has 0 bridgehead atoms. The summed E-state index contributed by atoms with van der Waals surface area (Å²) in [5.74, 6) is 0.206. The Labute approximate surface area is 430 Å². The van der Waals surface area contributed by atoms with Crippen LogP contribution in [0.3, 0.4) is 0 Å². The van der Waals surface area contributed by atoms with Crippen LogP contribution in [0.25, 0.3) is 0 Å². The number of nitrogens with two attached hydrogens (primary N) is 1. The number of aromatic nitrogens is 2. The maximum absolute atomic E-state index is 13.5. The number of carbonyl (C=O) groups is 5. The van der Waals surface area contributed by atoms with Gasteiger partial charge in [-0.3, -0.25) is 19.2 Å². The normalized spacial score (nSPS) is 16.5. The molecular formula is C50H70ClFN10O9S. The summed E-state index contributed by atoms with van der Waals surface area (Å²) in [6.45, 7) is 5.10. The predicted molar refractivity (Wildman–Crippen MR) is 276 cm³/mol. The van der Waals surface area contributed by atoms with Crippen LogP contribution in [-0.2, 0) is 33.4 Å². The molecule has 19 nitrogen and oxygen atoms in total. The molecule has 2 saturated heterocycles. The van der Waals surface area contributed by atoms with Crippen molar-refractivity contribution in [3.8, 4) is 11.6 Å². The van der Waals surface area contributed by atoms with Gasteiger partial charge in [-0.25, -0.2) is 19.2 Å². The van der Waals surface area contributed by atoms with Gasteiger partial charge in [0.15, 0.2) is 0 Å². The monoisotopic (exact) mass is 1040 g/mol. The van der Waals surface area contributed by atoms with Gasteiger partial charge in [-0.05, 0) is 88.9 Å². The van der Waals surface area contributed by atoms with Gasteiger partial charge in [-0.2, -0.15) is 11.8 Å². The highest BCUT2D eigenvalue weighted by atomic mass is 35.5. The molecule has 8 N–H and O–H groups in total. The highest BCUT2D eigenvalue weighted by molar-refractivity contribution is 8.00. The molecule has 22 heteroatoms. The van der Waals surface area contributed by atoms with E-state index < -0.39 is 11.7 Å². The third-order valence-electron chi connectivity index (χ3n) is 11.7. The number of thioether (sulfide) groups is 1. The number of urea groups is 1. The zero-order valence-electron chi connectivity index (χ0n) is 41.0. The molecule has 0 radical (unpaired) electrons. The van der Waals surface area contributed by atoms with Crippen molar-refractivity contribution in [1.29, 1.82) is 0 Å². The van der Waals surface area contributed by atoms with Crippen molar-refractivity contribution in [3.05, 3.63) is 77.9 Å². The smallest absolute Gasteiger partial charge is 0.315 e. The Morgan fingerprint density at radius 3 is 2.33 bits per heavy atom. The van der Waals surface area contributed by atoms with Gasteiger partial charge in [0.2, 0.25) is 29.5 Å².